The van der Waals surface area contributed by atoms with Crippen molar-refractivity contribution in [3.63, 3.8) is 0 Å². The molecule has 10 heteroatoms. The lowest BCUT2D eigenvalue weighted by atomic mass is 9.83. The van der Waals surface area contributed by atoms with Crippen LogP contribution in [0.1, 0.15) is 17.0 Å². The zero-order valence-corrected chi connectivity index (χ0v) is 18.5. The van der Waals surface area contributed by atoms with Crippen molar-refractivity contribution >= 4 is 11.7 Å². The van der Waals surface area contributed by atoms with E-state index in [1.54, 1.807) is 55.6 Å². The fourth-order valence-corrected chi connectivity index (χ4v) is 3.61. The third-order valence-electron chi connectivity index (χ3n) is 5.28. The van der Waals surface area contributed by atoms with Gasteiger partial charge < -0.3 is 24.7 Å². The van der Waals surface area contributed by atoms with E-state index in [9.17, 15) is 20.2 Å². The Kier molecular flexibility index (Phi) is 6.50. The largest absolute Gasteiger partial charge is 0.497 e. The van der Waals surface area contributed by atoms with Crippen LogP contribution in [0.2, 0.25) is 0 Å². The second kappa shape index (κ2) is 9.84. The van der Waals surface area contributed by atoms with Crippen molar-refractivity contribution in [2.24, 2.45) is 5.73 Å². The number of non-ortho nitro benzene ring substituents is 1. The summed E-state index contributed by atoms with van der Waals surface area (Å²) in [6, 6.07) is 19.3. The number of nitro groups is 1. The minimum atomic E-state index is -0.635. The van der Waals surface area contributed by atoms with E-state index in [2.05, 4.69) is 6.07 Å². The topological polar surface area (TPSA) is 147 Å². The van der Waals surface area contributed by atoms with Crippen molar-refractivity contribution in [3.05, 3.63) is 99.4 Å². The molecule has 2 N–H and O–H groups in total. The molecule has 0 amide bonds. The molecule has 1 unspecified atom stereocenters. The Hall–Kier alpha value is -5.04. The van der Waals surface area contributed by atoms with E-state index in [-0.39, 0.29) is 29.5 Å². The normalized spacial score (nSPS) is 14.2. The summed E-state index contributed by atoms with van der Waals surface area (Å²) < 4.78 is 21.5. The third-order valence-corrected chi connectivity index (χ3v) is 5.28. The van der Waals surface area contributed by atoms with Gasteiger partial charge in [0.05, 0.1) is 18.0 Å². The Labute approximate surface area is 199 Å². The van der Waals surface area contributed by atoms with Crippen LogP contribution in [0.4, 0.5) is 5.69 Å². The number of rotatable bonds is 7. The Bertz CT molecular complexity index is 1340. The SMILES string of the molecule is COc1ccc(OCC(=O)Oc2ccc3c(c2)OC(N)=C(C#N)C3c2ccc([N+](=O)[O-])cc2)cc1. The Morgan fingerprint density at radius 2 is 1.74 bits per heavy atom. The molecule has 1 atom stereocenters. The maximum atomic E-state index is 12.3. The summed E-state index contributed by atoms with van der Waals surface area (Å²) in [5, 5.41) is 20.6. The van der Waals surface area contributed by atoms with Gasteiger partial charge in [-0.2, -0.15) is 5.26 Å². The molecule has 1 aliphatic heterocycles. The van der Waals surface area contributed by atoms with Gasteiger partial charge in [-0.1, -0.05) is 18.2 Å². The third kappa shape index (κ3) is 4.99. The minimum absolute atomic E-state index is 0.0735. The van der Waals surface area contributed by atoms with E-state index >= 15 is 0 Å². The van der Waals surface area contributed by atoms with Crippen molar-refractivity contribution < 1.29 is 28.7 Å². The molecule has 10 nitrogen and oxygen atoms in total. The Morgan fingerprint density at radius 3 is 2.37 bits per heavy atom. The van der Waals surface area contributed by atoms with Crippen molar-refractivity contribution in [2.45, 2.75) is 5.92 Å². The van der Waals surface area contributed by atoms with Crippen molar-refractivity contribution in [2.75, 3.05) is 13.7 Å². The fraction of sp³-hybridized carbons (Fsp3) is 0.120. The molecule has 0 saturated heterocycles. The van der Waals surface area contributed by atoms with Gasteiger partial charge >= 0.3 is 5.97 Å². The van der Waals surface area contributed by atoms with Crippen molar-refractivity contribution in [1.29, 1.82) is 5.26 Å². The number of carbonyl (C=O) groups is 1. The predicted octanol–water partition coefficient (Wildman–Crippen LogP) is 3.81. The second-order valence-corrected chi connectivity index (χ2v) is 7.41. The van der Waals surface area contributed by atoms with Gasteiger partial charge in [0.1, 0.15) is 34.6 Å². The van der Waals surface area contributed by atoms with Gasteiger partial charge in [0.15, 0.2) is 6.61 Å². The summed E-state index contributed by atoms with van der Waals surface area (Å²) in [4.78, 5) is 22.8. The molecule has 0 radical (unpaired) electrons. The lowest BCUT2D eigenvalue weighted by molar-refractivity contribution is -0.384. The predicted molar refractivity (Wildman–Crippen MR) is 123 cm³/mol. The van der Waals surface area contributed by atoms with Gasteiger partial charge in [-0.3, -0.25) is 10.1 Å². The van der Waals surface area contributed by atoms with Crippen LogP contribution in [0.5, 0.6) is 23.0 Å². The number of nitriles is 1. The molecule has 0 fully saturated rings. The van der Waals surface area contributed by atoms with Crippen molar-refractivity contribution in [1.82, 2.24) is 0 Å². The van der Waals surface area contributed by atoms with Crippen molar-refractivity contribution in [3.8, 4) is 29.1 Å². The van der Waals surface area contributed by atoms with Gasteiger partial charge in [-0.05, 0) is 35.9 Å². The summed E-state index contributed by atoms with van der Waals surface area (Å²) in [5.74, 6) is 0.291. The van der Waals surface area contributed by atoms with E-state index in [0.717, 1.165) is 0 Å². The molecule has 3 aromatic rings. The maximum Gasteiger partial charge on any atom is 0.349 e. The number of nitrogens with zero attached hydrogens (tertiary/aromatic N) is 2. The first-order valence-electron chi connectivity index (χ1n) is 10.3. The number of hydrogen-bond donors (Lipinski definition) is 1. The molecule has 4 rings (SSSR count). The average Bonchev–Trinajstić information content (AvgIpc) is 2.87. The highest BCUT2D eigenvalue weighted by molar-refractivity contribution is 5.74. The standard InChI is InChI=1S/C25H19N3O7/c1-32-17-6-8-18(9-7-17)33-14-23(29)34-19-10-11-20-22(12-19)35-25(27)21(13-26)24(20)15-2-4-16(5-3-15)28(30)31/h2-12,24H,14,27H2,1H3. The number of esters is 1. The smallest absolute Gasteiger partial charge is 0.349 e. The van der Waals surface area contributed by atoms with Crippen LogP contribution in [0.25, 0.3) is 0 Å². The number of hydrogen-bond acceptors (Lipinski definition) is 9. The molecule has 176 valence electrons. The Balaban J connectivity index is 1.52. The van der Waals surface area contributed by atoms with Crippen LogP contribution in [0, 0.1) is 21.4 Å². The van der Waals surface area contributed by atoms with E-state index in [1.807, 2.05) is 0 Å². The van der Waals surface area contributed by atoms with Crippen LogP contribution in [0.3, 0.4) is 0 Å². The van der Waals surface area contributed by atoms with E-state index in [0.29, 0.717) is 28.4 Å². The van der Waals surface area contributed by atoms with Crippen LogP contribution < -0.4 is 24.7 Å². The maximum absolute atomic E-state index is 12.3. The first kappa shape index (κ1) is 23.1. The van der Waals surface area contributed by atoms with Gasteiger partial charge in [-0.15, -0.1) is 0 Å². The number of nitrogens with two attached hydrogens (primary N) is 1. The Morgan fingerprint density at radius 1 is 1.09 bits per heavy atom. The number of carbonyl (C=O) groups excluding carboxylic acids is 1. The minimum Gasteiger partial charge on any atom is -0.497 e. The summed E-state index contributed by atoms with van der Waals surface area (Å²) >= 11 is 0. The first-order valence-corrected chi connectivity index (χ1v) is 10.3. The summed E-state index contributed by atoms with van der Waals surface area (Å²) in [7, 11) is 1.55. The highest BCUT2D eigenvalue weighted by Gasteiger charge is 2.31. The molecule has 1 aliphatic rings. The molecule has 0 saturated carbocycles. The quantitative estimate of drug-likeness (QED) is 0.234. The van der Waals surface area contributed by atoms with E-state index in [1.165, 1.54) is 18.2 Å². The number of nitro benzene ring substituents is 1. The summed E-state index contributed by atoms with van der Waals surface area (Å²) in [6.07, 6.45) is 0. The number of ether oxygens (including phenoxy) is 4. The molecule has 0 spiro atoms. The fourth-order valence-electron chi connectivity index (χ4n) is 3.61. The lowest BCUT2D eigenvalue weighted by Crippen LogP contribution is -2.21. The number of allylic oxidation sites excluding steroid dienone is 1. The van der Waals surface area contributed by atoms with Crippen LogP contribution in [-0.4, -0.2) is 24.6 Å². The zero-order chi connectivity index (χ0) is 24.9. The monoisotopic (exact) mass is 473 g/mol. The first-order chi connectivity index (χ1) is 16.9. The lowest BCUT2D eigenvalue weighted by Gasteiger charge is -2.26. The van der Waals surface area contributed by atoms with Crippen LogP contribution in [0.15, 0.2) is 78.2 Å². The highest BCUT2D eigenvalue weighted by atomic mass is 16.6. The van der Waals surface area contributed by atoms with Crippen LogP contribution >= 0.6 is 0 Å². The molecular formula is C25H19N3O7. The van der Waals surface area contributed by atoms with Gasteiger partial charge in [0.25, 0.3) is 5.69 Å². The van der Waals surface area contributed by atoms with Gasteiger partial charge in [0, 0.05) is 23.8 Å². The molecule has 0 aromatic heterocycles. The number of fused-ring (bicyclic) bond motifs is 1. The van der Waals surface area contributed by atoms with Gasteiger partial charge in [-0.25, -0.2) is 4.79 Å². The molecule has 0 bridgehead atoms. The van der Waals surface area contributed by atoms with E-state index < -0.39 is 16.8 Å². The molecular weight excluding hydrogens is 454 g/mol. The molecule has 35 heavy (non-hydrogen) atoms. The average molecular weight is 473 g/mol. The number of methoxy groups -OCH3 is 1. The highest BCUT2D eigenvalue weighted by Crippen LogP contribution is 2.43. The summed E-state index contributed by atoms with van der Waals surface area (Å²) in [6.45, 7) is -0.323. The second-order valence-electron chi connectivity index (χ2n) is 7.41. The van der Waals surface area contributed by atoms with E-state index in [4.69, 9.17) is 24.7 Å². The van der Waals surface area contributed by atoms with Gasteiger partial charge in [0.2, 0.25) is 5.88 Å². The zero-order valence-electron chi connectivity index (χ0n) is 18.5. The molecule has 0 aliphatic carbocycles. The summed E-state index contributed by atoms with van der Waals surface area (Å²) in [5.41, 5.74) is 7.30. The molecule has 1 heterocycles. The molecule has 3 aromatic carbocycles. The number of benzene rings is 3. The van der Waals surface area contributed by atoms with Crippen LogP contribution in [-0.2, 0) is 4.79 Å².